The van der Waals surface area contributed by atoms with Gasteiger partial charge in [0.05, 0.1) is 18.9 Å². The molecule has 0 aromatic heterocycles. The zero-order valence-corrected chi connectivity index (χ0v) is 20.9. The van der Waals surface area contributed by atoms with Gasteiger partial charge in [-0.25, -0.2) is 4.79 Å². The normalized spacial score (nSPS) is 42.5. The zero-order valence-electron chi connectivity index (χ0n) is 20.9. The van der Waals surface area contributed by atoms with E-state index in [1.54, 1.807) is 4.90 Å². The van der Waals surface area contributed by atoms with Crippen LogP contribution >= 0.6 is 0 Å². The van der Waals surface area contributed by atoms with Crippen LogP contribution in [0.2, 0.25) is 0 Å². The van der Waals surface area contributed by atoms with E-state index < -0.39 is 6.04 Å². The summed E-state index contributed by atoms with van der Waals surface area (Å²) in [6.07, 6.45) is 12.2. The van der Waals surface area contributed by atoms with Gasteiger partial charge in [0.25, 0.3) is 5.91 Å². The Morgan fingerprint density at radius 2 is 1.94 bits per heavy atom. The summed E-state index contributed by atoms with van der Waals surface area (Å²) in [6, 6.07) is -0.500. The van der Waals surface area contributed by atoms with Gasteiger partial charge < -0.3 is 19.6 Å². The lowest BCUT2D eigenvalue weighted by Gasteiger charge is -2.57. The number of amides is 1. The number of hydrogen-bond acceptors (Lipinski definition) is 6. The maximum Gasteiger partial charge on any atom is 0.328 e. The Morgan fingerprint density at radius 3 is 2.74 bits per heavy atom. The van der Waals surface area contributed by atoms with E-state index >= 15 is 0 Å². The van der Waals surface area contributed by atoms with Gasteiger partial charge in [0.1, 0.15) is 6.04 Å². The van der Waals surface area contributed by atoms with E-state index in [9.17, 15) is 14.7 Å². The van der Waals surface area contributed by atoms with Crippen molar-refractivity contribution in [3.8, 4) is 0 Å². The molecule has 0 spiro atoms. The second kappa shape index (κ2) is 8.96. The number of methoxy groups -OCH3 is 1. The fraction of sp³-hybridized carbons (Fsp3) is 0.815. The topological polar surface area (TPSA) is 88.4 Å². The molecule has 7 nitrogen and oxygen atoms in total. The number of allylic oxidation sites excluding steroid dienone is 2. The average Bonchev–Trinajstić information content (AvgIpc) is 3.43. The second-order valence-electron chi connectivity index (χ2n) is 11.8. The lowest BCUT2D eigenvalue weighted by atomic mass is 9.47. The molecule has 188 valence electrons. The van der Waals surface area contributed by atoms with Gasteiger partial charge >= 0.3 is 5.97 Å². The molecule has 5 rings (SSSR count). The van der Waals surface area contributed by atoms with E-state index in [4.69, 9.17) is 9.57 Å². The van der Waals surface area contributed by atoms with Crippen molar-refractivity contribution >= 4 is 17.6 Å². The van der Waals surface area contributed by atoms with Crippen LogP contribution in [0.5, 0.6) is 0 Å². The number of likely N-dealkylation sites (tertiary alicyclic amines) is 1. The third-order valence-corrected chi connectivity index (χ3v) is 10.3. The summed E-state index contributed by atoms with van der Waals surface area (Å²) in [5.41, 5.74) is 2.72. The molecular formula is C27H40N2O5. The van der Waals surface area contributed by atoms with E-state index in [2.05, 4.69) is 25.1 Å². The molecule has 1 heterocycles. The van der Waals surface area contributed by atoms with Gasteiger partial charge in [0.2, 0.25) is 0 Å². The fourth-order valence-electron chi connectivity index (χ4n) is 8.32. The third kappa shape index (κ3) is 3.78. The molecule has 0 bridgehead atoms. The van der Waals surface area contributed by atoms with Gasteiger partial charge in [0, 0.05) is 6.54 Å². The summed E-state index contributed by atoms with van der Waals surface area (Å²) in [5, 5.41) is 15.0. The van der Waals surface area contributed by atoms with Crippen molar-refractivity contribution in [2.75, 3.05) is 20.3 Å². The summed E-state index contributed by atoms with van der Waals surface area (Å²) in [6.45, 7) is 5.19. The molecule has 4 aliphatic carbocycles. The molecule has 1 amide bonds. The standard InChI is InChI=1S/C27H40N2O5/c1-26-12-10-18(28-34-16-24(31)29-14-4-5-22(29)25(32)33-3)15-17(26)6-7-19-20-8-9-23(30)27(20,2)13-11-21(19)26/h15,19-23,30H,4-14,16H2,1-3H3/b28-18-/t19-,20-,21+,22+,23-,26-,27-/m0/s1. The monoisotopic (exact) mass is 472 g/mol. The number of nitrogens with zero attached hydrogens (tertiary/aromatic N) is 2. The Balaban J connectivity index is 1.23. The number of oxime groups is 1. The second-order valence-corrected chi connectivity index (χ2v) is 11.8. The molecule has 3 saturated carbocycles. The Morgan fingerprint density at radius 1 is 1.12 bits per heavy atom. The SMILES string of the molecule is COC(=O)[C@H]1CCCN1C(=O)CO/N=C1\C=C2CC[C@@H]3[C@@H](CC[C@]4(C)[C@@H](O)CC[C@@H]34)[C@@]2(C)CC1. The van der Waals surface area contributed by atoms with Gasteiger partial charge in [-0.15, -0.1) is 0 Å². The van der Waals surface area contributed by atoms with Crippen LogP contribution in [0.1, 0.15) is 78.1 Å². The number of aliphatic hydroxyl groups is 1. The number of rotatable bonds is 4. The van der Waals surface area contributed by atoms with Crippen molar-refractivity contribution in [1.29, 1.82) is 0 Å². The zero-order chi connectivity index (χ0) is 24.1. The molecule has 7 heteroatoms. The predicted octanol–water partition coefficient (Wildman–Crippen LogP) is 3.85. The molecule has 5 aliphatic rings. The largest absolute Gasteiger partial charge is 0.467 e. The summed E-state index contributed by atoms with van der Waals surface area (Å²) < 4.78 is 4.82. The van der Waals surface area contributed by atoms with Crippen molar-refractivity contribution in [1.82, 2.24) is 4.90 Å². The Hall–Kier alpha value is -1.89. The number of carbonyl (C=O) groups excluding carboxylic acids is 2. The molecule has 0 aromatic carbocycles. The number of ether oxygens (including phenoxy) is 1. The van der Waals surface area contributed by atoms with Crippen LogP contribution in [0.3, 0.4) is 0 Å². The molecule has 1 N–H and O–H groups in total. The number of fused-ring (bicyclic) bond motifs is 5. The van der Waals surface area contributed by atoms with Gasteiger partial charge in [-0.3, -0.25) is 4.79 Å². The molecular weight excluding hydrogens is 432 g/mol. The highest BCUT2D eigenvalue weighted by atomic mass is 16.6. The Bertz CT molecular complexity index is 899. The van der Waals surface area contributed by atoms with Crippen LogP contribution in [-0.2, 0) is 19.2 Å². The molecule has 0 unspecified atom stereocenters. The molecule has 34 heavy (non-hydrogen) atoms. The lowest BCUT2D eigenvalue weighted by Crippen LogP contribution is -2.51. The van der Waals surface area contributed by atoms with Crippen LogP contribution in [0.4, 0.5) is 0 Å². The van der Waals surface area contributed by atoms with Crippen LogP contribution in [0.25, 0.3) is 0 Å². The summed E-state index contributed by atoms with van der Waals surface area (Å²) in [7, 11) is 1.35. The molecule has 0 aromatic rings. The van der Waals surface area contributed by atoms with Crippen molar-refractivity contribution in [2.45, 2.75) is 90.2 Å². The average molecular weight is 473 g/mol. The van der Waals surface area contributed by atoms with Crippen LogP contribution in [-0.4, -0.2) is 60.0 Å². The molecule has 0 radical (unpaired) electrons. The van der Waals surface area contributed by atoms with Gasteiger partial charge in [-0.1, -0.05) is 24.6 Å². The van der Waals surface area contributed by atoms with Crippen molar-refractivity contribution in [3.05, 3.63) is 11.6 Å². The van der Waals surface area contributed by atoms with E-state index in [0.717, 1.165) is 44.2 Å². The first-order chi connectivity index (χ1) is 16.3. The first kappa shape index (κ1) is 23.8. The predicted molar refractivity (Wildman–Crippen MR) is 128 cm³/mol. The highest BCUT2D eigenvalue weighted by molar-refractivity contribution is 5.96. The van der Waals surface area contributed by atoms with Crippen LogP contribution in [0, 0.1) is 28.6 Å². The van der Waals surface area contributed by atoms with Crippen molar-refractivity contribution in [2.24, 2.45) is 33.7 Å². The number of aliphatic hydroxyl groups excluding tert-OH is 1. The van der Waals surface area contributed by atoms with Crippen LogP contribution < -0.4 is 0 Å². The maximum absolute atomic E-state index is 12.6. The minimum Gasteiger partial charge on any atom is -0.467 e. The van der Waals surface area contributed by atoms with E-state index in [1.165, 1.54) is 31.9 Å². The van der Waals surface area contributed by atoms with Crippen molar-refractivity contribution in [3.63, 3.8) is 0 Å². The summed E-state index contributed by atoms with van der Waals surface area (Å²) in [5.74, 6) is 1.48. The Kier molecular flexibility index (Phi) is 6.28. The highest BCUT2D eigenvalue weighted by Gasteiger charge is 2.58. The molecule has 4 fully saturated rings. The van der Waals surface area contributed by atoms with Gasteiger partial charge in [-0.2, -0.15) is 0 Å². The smallest absolute Gasteiger partial charge is 0.328 e. The summed E-state index contributed by atoms with van der Waals surface area (Å²) in [4.78, 5) is 31.5. The number of hydrogen-bond donors (Lipinski definition) is 1. The maximum atomic E-state index is 12.6. The molecule has 1 saturated heterocycles. The van der Waals surface area contributed by atoms with Crippen LogP contribution in [0.15, 0.2) is 16.8 Å². The number of carbonyl (C=O) groups is 2. The van der Waals surface area contributed by atoms with E-state index in [-0.39, 0.29) is 35.4 Å². The van der Waals surface area contributed by atoms with Gasteiger partial charge in [-0.05, 0) is 98.9 Å². The highest BCUT2D eigenvalue weighted by Crippen LogP contribution is 2.65. The first-order valence-corrected chi connectivity index (χ1v) is 13.2. The minimum atomic E-state index is -0.500. The van der Waals surface area contributed by atoms with E-state index in [1.807, 2.05) is 0 Å². The fourth-order valence-corrected chi connectivity index (χ4v) is 8.32. The molecule has 7 atom stereocenters. The third-order valence-electron chi connectivity index (χ3n) is 10.3. The van der Waals surface area contributed by atoms with Gasteiger partial charge in [0.15, 0.2) is 6.61 Å². The lowest BCUT2D eigenvalue weighted by molar-refractivity contribution is -0.152. The van der Waals surface area contributed by atoms with E-state index in [0.29, 0.717) is 30.7 Å². The Labute approximate surface area is 202 Å². The summed E-state index contributed by atoms with van der Waals surface area (Å²) >= 11 is 0. The minimum absolute atomic E-state index is 0.114. The first-order valence-electron chi connectivity index (χ1n) is 13.2. The van der Waals surface area contributed by atoms with Crippen molar-refractivity contribution < 1.29 is 24.3 Å². The quantitative estimate of drug-likeness (QED) is 0.496. The number of esters is 1. The molecule has 1 aliphatic heterocycles.